The maximum Gasteiger partial charge on any atom is 0.309 e. The summed E-state index contributed by atoms with van der Waals surface area (Å²) in [5.74, 6) is -1.07. The summed E-state index contributed by atoms with van der Waals surface area (Å²) in [5, 5.41) is 0. The van der Waals surface area contributed by atoms with Crippen molar-refractivity contribution in [2.45, 2.75) is 181 Å². The zero-order valence-electron chi connectivity index (χ0n) is 31.7. The van der Waals surface area contributed by atoms with Crippen LogP contribution in [-0.4, -0.2) is 37.2 Å². The first-order valence-electron chi connectivity index (χ1n) is 19.8. The number of ether oxygens (including phenoxy) is 3. The van der Waals surface area contributed by atoms with Crippen molar-refractivity contribution in [2.75, 3.05) is 13.2 Å². The number of unbranched alkanes of at least 4 members (excludes halogenated alkanes) is 14. The molecule has 0 fully saturated rings. The van der Waals surface area contributed by atoms with Crippen molar-refractivity contribution in [1.82, 2.24) is 0 Å². The molecule has 0 aromatic rings. The maximum atomic E-state index is 12.6. The first kappa shape index (κ1) is 46.1. The Morgan fingerprint density at radius 2 is 0.898 bits per heavy atom. The Balaban J connectivity index is 4.49. The largest absolute Gasteiger partial charge is 0.462 e. The standard InChI is InChI=1S/C43H72O6/c1-4-7-10-13-16-19-21-22-25-27-30-33-36-42(45)48-39-40(38-47-41(44)35-32-29-26-23-18-15-12-9-6-3)49-43(46)37-34-31-28-24-20-17-14-11-8-5-2/h9,12,14,16-19,23,29,32,40H,4-8,10-11,13,15,20-22,24-28,30-31,33-39H2,1-3H3/b12-9-,17-14-,19-16-,23-18-,32-29-. The van der Waals surface area contributed by atoms with E-state index in [0.717, 1.165) is 89.9 Å². The summed E-state index contributed by atoms with van der Waals surface area (Å²) in [6, 6.07) is 0. The molecule has 0 aromatic carbocycles. The predicted octanol–water partition coefficient (Wildman–Crippen LogP) is 12.2. The number of hydrogen-bond acceptors (Lipinski definition) is 6. The second-order valence-electron chi connectivity index (χ2n) is 12.8. The summed E-state index contributed by atoms with van der Waals surface area (Å²) in [7, 11) is 0. The summed E-state index contributed by atoms with van der Waals surface area (Å²) >= 11 is 0. The Kier molecular flexibility index (Phi) is 35.7. The zero-order valence-corrected chi connectivity index (χ0v) is 31.7. The molecule has 0 rings (SSSR count). The highest BCUT2D eigenvalue weighted by Gasteiger charge is 2.19. The maximum absolute atomic E-state index is 12.6. The summed E-state index contributed by atoms with van der Waals surface area (Å²) in [5.41, 5.74) is 0. The van der Waals surface area contributed by atoms with Gasteiger partial charge in [0.2, 0.25) is 0 Å². The van der Waals surface area contributed by atoms with Crippen molar-refractivity contribution >= 4 is 17.9 Å². The van der Waals surface area contributed by atoms with Gasteiger partial charge in [-0.15, -0.1) is 0 Å². The molecule has 1 unspecified atom stereocenters. The van der Waals surface area contributed by atoms with Crippen LogP contribution in [0.2, 0.25) is 0 Å². The molecule has 0 saturated carbocycles. The van der Waals surface area contributed by atoms with Gasteiger partial charge in [-0.3, -0.25) is 14.4 Å². The van der Waals surface area contributed by atoms with Gasteiger partial charge in [-0.25, -0.2) is 0 Å². The van der Waals surface area contributed by atoms with Gasteiger partial charge in [0, 0.05) is 12.8 Å². The highest BCUT2D eigenvalue weighted by atomic mass is 16.6. The summed E-state index contributed by atoms with van der Waals surface area (Å²) in [6.07, 6.45) is 43.8. The third-order valence-corrected chi connectivity index (χ3v) is 8.01. The molecule has 6 nitrogen and oxygen atoms in total. The highest BCUT2D eigenvalue weighted by Crippen LogP contribution is 2.11. The van der Waals surface area contributed by atoms with Gasteiger partial charge in [-0.05, 0) is 77.0 Å². The molecule has 0 saturated heterocycles. The van der Waals surface area contributed by atoms with Crippen LogP contribution in [0.15, 0.2) is 60.8 Å². The summed E-state index contributed by atoms with van der Waals surface area (Å²) in [4.78, 5) is 37.3. The van der Waals surface area contributed by atoms with Gasteiger partial charge in [0.1, 0.15) is 13.2 Å². The van der Waals surface area contributed by atoms with E-state index in [4.69, 9.17) is 14.2 Å². The Labute approximate surface area is 300 Å². The molecule has 0 amide bonds. The van der Waals surface area contributed by atoms with Crippen LogP contribution in [0.25, 0.3) is 0 Å². The van der Waals surface area contributed by atoms with Crippen molar-refractivity contribution in [3.05, 3.63) is 60.8 Å². The van der Waals surface area contributed by atoms with E-state index in [1.165, 1.54) is 44.9 Å². The van der Waals surface area contributed by atoms with Crippen LogP contribution in [0.4, 0.5) is 0 Å². The van der Waals surface area contributed by atoms with Crippen molar-refractivity contribution in [1.29, 1.82) is 0 Å². The van der Waals surface area contributed by atoms with Gasteiger partial charge in [0.15, 0.2) is 6.10 Å². The minimum absolute atomic E-state index is 0.111. The lowest BCUT2D eigenvalue weighted by atomic mass is 10.1. The first-order valence-corrected chi connectivity index (χ1v) is 19.8. The molecule has 49 heavy (non-hydrogen) atoms. The topological polar surface area (TPSA) is 78.9 Å². The number of carbonyl (C=O) groups is 3. The van der Waals surface area contributed by atoms with E-state index in [1.54, 1.807) is 6.08 Å². The van der Waals surface area contributed by atoms with E-state index in [2.05, 4.69) is 69.4 Å². The predicted molar refractivity (Wildman–Crippen MR) is 205 cm³/mol. The Hall–Kier alpha value is -2.89. The Morgan fingerprint density at radius 3 is 1.47 bits per heavy atom. The van der Waals surface area contributed by atoms with Crippen LogP contribution in [0.5, 0.6) is 0 Å². The van der Waals surface area contributed by atoms with Crippen molar-refractivity contribution in [2.24, 2.45) is 0 Å². The fraction of sp³-hybridized carbons (Fsp3) is 0.698. The van der Waals surface area contributed by atoms with Crippen molar-refractivity contribution in [3.8, 4) is 0 Å². The molecule has 0 aliphatic heterocycles. The molecule has 280 valence electrons. The van der Waals surface area contributed by atoms with Gasteiger partial charge in [0.05, 0.1) is 6.42 Å². The van der Waals surface area contributed by atoms with Crippen LogP contribution >= 0.6 is 0 Å². The molecule has 0 radical (unpaired) electrons. The molecule has 1 atom stereocenters. The van der Waals surface area contributed by atoms with Gasteiger partial charge in [-0.1, -0.05) is 139 Å². The molecule has 6 heteroatoms. The second-order valence-corrected chi connectivity index (χ2v) is 12.8. The molecule has 0 N–H and O–H groups in total. The molecule has 0 spiro atoms. The van der Waals surface area contributed by atoms with E-state index in [0.29, 0.717) is 12.8 Å². The van der Waals surface area contributed by atoms with E-state index in [-0.39, 0.29) is 31.6 Å². The molecule has 0 heterocycles. The average Bonchev–Trinajstić information content (AvgIpc) is 3.10. The fourth-order valence-corrected chi connectivity index (χ4v) is 5.00. The van der Waals surface area contributed by atoms with E-state index in [9.17, 15) is 14.4 Å². The zero-order chi connectivity index (χ0) is 35.9. The van der Waals surface area contributed by atoms with Crippen LogP contribution < -0.4 is 0 Å². The van der Waals surface area contributed by atoms with Crippen LogP contribution in [0.1, 0.15) is 175 Å². The van der Waals surface area contributed by atoms with Gasteiger partial charge in [0.25, 0.3) is 0 Å². The number of esters is 3. The monoisotopic (exact) mass is 685 g/mol. The normalized spacial score (nSPS) is 12.6. The lowest BCUT2D eigenvalue weighted by molar-refractivity contribution is -0.166. The third kappa shape index (κ3) is 36.2. The fourth-order valence-electron chi connectivity index (χ4n) is 5.00. The average molecular weight is 685 g/mol. The number of hydrogen-bond donors (Lipinski definition) is 0. The van der Waals surface area contributed by atoms with Crippen LogP contribution in [0.3, 0.4) is 0 Å². The minimum Gasteiger partial charge on any atom is -0.462 e. The lowest BCUT2D eigenvalue weighted by Gasteiger charge is -2.18. The van der Waals surface area contributed by atoms with Crippen molar-refractivity contribution < 1.29 is 28.6 Å². The quantitative estimate of drug-likeness (QED) is 0.0290. The van der Waals surface area contributed by atoms with E-state index in [1.807, 2.05) is 6.08 Å². The van der Waals surface area contributed by atoms with Gasteiger partial charge in [-0.2, -0.15) is 0 Å². The van der Waals surface area contributed by atoms with Crippen LogP contribution in [0, 0.1) is 0 Å². The molecule has 0 aliphatic rings. The Bertz CT molecular complexity index is 929. The smallest absolute Gasteiger partial charge is 0.309 e. The number of carbonyl (C=O) groups excluding carboxylic acids is 3. The van der Waals surface area contributed by atoms with Crippen molar-refractivity contribution in [3.63, 3.8) is 0 Å². The summed E-state index contributed by atoms with van der Waals surface area (Å²) in [6.45, 7) is 6.30. The Morgan fingerprint density at radius 1 is 0.449 bits per heavy atom. The number of rotatable bonds is 34. The third-order valence-electron chi connectivity index (χ3n) is 8.01. The second kappa shape index (κ2) is 37.9. The van der Waals surface area contributed by atoms with E-state index >= 15 is 0 Å². The van der Waals surface area contributed by atoms with Gasteiger partial charge < -0.3 is 14.2 Å². The minimum atomic E-state index is -0.813. The molecular formula is C43H72O6. The van der Waals surface area contributed by atoms with E-state index < -0.39 is 12.1 Å². The number of allylic oxidation sites excluding steroid dienone is 9. The molecular weight excluding hydrogens is 612 g/mol. The SMILES string of the molecule is CC/C=C\C/C=C\C/C=C\CC(=O)OCC(COC(=O)CCCCCCC/C=C\CCCCC)OC(=O)CCCCCC/C=C\CCCC. The van der Waals surface area contributed by atoms with Gasteiger partial charge >= 0.3 is 17.9 Å². The first-order chi connectivity index (χ1) is 24.0. The highest BCUT2D eigenvalue weighted by molar-refractivity contribution is 5.72. The molecule has 0 bridgehead atoms. The lowest BCUT2D eigenvalue weighted by Crippen LogP contribution is -2.30. The van der Waals surface area contributed by atoms with Crippen LogP contribution in [-0.2, 0) is 28.6 Å². The molecule has 0 aliphatic carbocycles. The molecule has 0 aromatic heterocycles. The summed E-state index contributed by atoms with van der Waals surface area (Å²) < 4.78 is 16.5.